The zero-order valence-corrected chi connectivity index (χ0v) is 22.1. The van der Waals surface area contributed by atoms with Gasteiger partial charge in [-0.15, -0.1) is 0 Å². The minimum Gasteiger partial charge on any atom is -0.478 e. The summed E-state index contributed by atoms with van der Waals surface area (Å²) < 4.78 is 0. The SMILES string of the molecule is CC(C)(C)c1ccc2c(C#Cc3ccnc(-c4cc(C(=O)O)cc(-c5cc(C(=O)O)ccn5)n4)c3)cccc2c1. The van der Waals surface area contributed by atoms with Gasteiger partial charge in [-0.05, 0) is 64.2 Å². The maximum atomic E-state index is 11.9. The van der Waals surface area contributed by atoms with Gasteiger partial charge in [-0.1, -0.05) is 62.9 Å². The van der Waals surface area contributed by atoms with E-state index in [1.807, 2.05) is 12.1 Å². The van der Waals surface area contributed by atoms with Crippen LogP contribution in [0.15, 0.2) is 85.2 Å². The Morgan fingerprint density at radius 1 is 0.700 bits per heavy atom. The van der Waals surface area contributed by atoms with Crippen LogP contribution in [0, 0.1) is 11.8 Å². The molecule has 3 heterocycles. The van der Waals surface area contributed by atoms with Crippen molar-refractivity contribution in [3.05, 3.63) is 113 Å². The summed E-state index contributed by atoms with van der Waals surface area (Å²) in [6.45, 7) is 6.56. The third-order valence-corrected chi connectivity index (χ3v) is 6.45. The van der Waals surface area contributed by atoms with E-state index in [4.69, 9.17) is 0 Å². The number of carbonyl (C=O) groups is 2. The standard InChI is InChI=1S/C33H25N3O4/c1-33(2,3)25-9-10-26-21(5-4-6-22(26)16-25)8-7-20-11-13-34-27(15-20)29-18-24(32(39)40)19-30(36-29)28-17-23(31(37)38)12-14-35-28/h4-6,9-19H,1-3H3,(H,37,38)(H,39,40). The number of carboxylic acid groups (broad SMARTS) is 2. The van der Waals surface area contributed by atoms with E-state index in [2.05, 4.69) is 71.8 Å². The molecule has 0 aliphatic heterocycles. The van der Waals surface area contributed by atoms with Crippen molar-refractivity contribution >= 4 is 22.7 Å². The number of nitrogens with zero attached hydrogens (tertiary/aromatic N) is 3. The van der Waals surface area contributed by atoms with E-state index in [1.165, 1.54) is 36.0 Å². The third-order valence-electron chi connectivity index (χ3n) is 6.45. The Bertz CT molecular complexity index is 1860. The molecule has 0 saturated heterocycles. The molecule has 0 amide bonds. The average molecular weight is 528 g/mol. The molecule has 0 aliphatic carbocycles. The normalized spacial score (nSPS) is 11.1. The van der Waals surface area contributed by atoms with Crippen LogP contribution in [-0.2, 0) is 5.41 Å². The van der Waals surface area contributed by atoms with Gasteiger partial charge in [0, 0.05) is 23.5 Å². The minimum atomic E-state index is -1.15. The molecule has 0 fully saturated rings. The Morgan fingerprint density at radius 3 is 2.02 bits per heavy atom. The summed E-state index contributed by atoms with van der Waals surface area (Å²) in [5.41, 5.74) is 4.08. The van der Waals surface area contributed by atoms with Crippen LogP contribution < -0.4 is 0 Å². The highest BCUT2D eigenvalue weighted by molar-refractivity contribution is 5.92. The van der Waals surface area contributed by atoms with Crippen molar-refractivity contribution in [1.82, 2.24) is 15.0 Å². The largest absolute Gasteiger partial charge is 0.478 e. The fourth-order valence-electron chi connectivity index (χ4n) is 4.27. The predicted molar refractivity (Wildman–Crippen MR) is 153 cm³/mol. The monoisotopic (exact) mass is 527 g/mol. The molecule has 3 aromatic heterocycles. The zero-order chi connectivity index (χ0) is 28.4. The van der Waals surface area contributed by atoms with Crippen molar-refractivity contribution in [3.8, 4) is 34.6 Å². The summed E-state index contributed by atoms with van der Waals surface area (Å²) >= 11 is 0. The molecule has 0 spiro atoms. The van der Waals surface area contributed by atoms with Crippen molar-refractivity contribution in [3.63, 3.8) is 0 Å². The first-order valence-corrected chi connectivity index (χ1v) is 12.6. The number of hydrogen-bond donors (Lipinski definition) is 2. The van der Waals surface area contributed by atoms with E-state index in [1.54, 1.807) is 18.3 Å². The fraction of sp³-hybridized carbons (Fsp3) is 0.121. The summed E-state index contributed by atoms with van der Waals surface area (Å²) in [4.78, 5) is 36.4. The van der Waals surface area contributed by atoms with Crippen LogP contribution in [0.4, 0.5) is 0 Å². The second-order valence-corrected chi connectivity index (χ2v) is 10.3. The highest BCUT2D eigenvalue weighted by atomic mass is 16.4. The van der Waals surface area contributed by atoms with Crippen LogP contribution in [-0.4, -0.2) is 37.1 Å². The first-order valence-electron chi connectivity index (χ1n) is 12.6. The fourth-order valence-corrected chi connectivity index (χ4v) is 4.27. The summed E-state index contributed by atoms with van der Waals surface area (Å²) in [5, 5.41) is 21.2. The molecule has 5 rings (SSSR count). The molecule has 0 aliphatic rings. The van der Waals surface area contributed by atoms with Gasteiger partial charge in [-0.2, -0.15) is 0 Å². The first-order chi connectivity index (χ1) is 19.1. The molecule has 7 nitrogen and oxygen atoms in total. The summed E-state index contributed by atoms with van der Waals surface area (Å²) in [6, 6.07) is 21.5. The maximum absolute atomic E-state index is 11.9. The first kappa shape index (κ1) is 26.3. The molecule has 0 radical (unpaired) electrons. The van der Waals surface area contributed by atoms with Crippen LogP contribution in [0.3, 0.4) is 0 Å². The molecular formula is C33H25N3O4. The van der Waals surface area contributed by atoms with Crippen molar-refractivity contribution in [2.45, 2.75) is 26.2 Å². The summed E-state index contributed by atoms with van der Waals surface area (Å²) in [5.74, 6) is 4.20. The molecule has 0 bridgehead atoms. The van der Waals surface area contributed by atoms with Crippen molar-refractivity contribution in [2.75, 3.05) is 0 Å². The van der Waals surface area contributed by atoms with Gasteiger partial charge in [0.15, 0.2) is 0 Å². The van der Waals surface area contributed by atoms with Gasteiger partial charge in [0.1, 0.15) is 0 Å². The Balaban J connectivity index is 1.53. The molecule has 40 heavy (non-hydrogen) atoms. The lowest BCUT2D eigenvalue weighted by Crippen LogP contribution is -2.10. The summed E-state index contributed by atoms with van der Waals surface area (Å²) in [7, 11) is 0. The van der Waals surface area contributed by atoms with Crippen LogP contribution in [0.1, 0.15) is 58.2 Å². The Kier molecular flexibility index (Phi) is 6.85. The number of fused-ring (bicyclic) bond motifs is 1. The van der Waals surface area contributed by atoms with Crippen LogP contribution in [0.2, 0.25) is 0 Å². The lowest BCUT2D eigenvalue weighted by atomic mass is 9.85. The van der Waals surface area contributed by atoms with Crippen molar-refractivity contribution in [1.29, 1.82) is 0 Å². The predicted octanol–water partition coefficient (Wildman–Crippen LogP) is 6.45. The number of aromatic nitrogens is 3. The third kappa shape index (κ3) is 5.57. The maximum Gasteiger partial charge on any atom is 0.335 e. The topological polar surface area (TPSA) is 113 Å². The molecule has 2 N–H and O–H groups in total. The lowest BCUT2D eigenvalue weighted by molar-refractivity contribution is 0.0686. The molecule has 0 unspecified atom stereocenters. The van der Waals surface area contributed by atoms with Gasteiger partial charge in [0.25, 0.3) is 0 Å². The molecule has 0 saturated carbocycles. The van der Waals surface area contributed by atoms with E-state index in [-0.39, 0.29) is 27.9 Å². The molecular weight excluding hydrogens is 502 g/mol. The van der Waals surface area contributed by atoms with Gasteiger partial charge in [-0.25, -0.2) is 14.6 Å². The van der Waals surface area contributed by atoms with Gasteiger partial charge >= 0.3 is 11.9 Å². The van der Waals surface area contributed by atoms with Crippen LogP contribution >= 0.6 is 0 Å². The number of hydrogen-bond acceptors (Lipinski definition) is 5. The van der Waals surface area contributed by atoms with Crippen molar-refractivity contribution < 1.29 is 19.8 Å². The molecule has 196 valence electrons. The van der Waals surface area contributed by atoms with E-state index >= 15 is 0 Å². The average Bonchev–Trinajstić information content (AvgIpc) is 2.95. The van der Waals surface area contributed by atoms with Crippen LogP contribution in [0.5, 0.6) is 0 Å². The Labute approximate surface area is 231 Å². The smallest absolute Gasteiger partial charge is 0.335 e. The van der Waals surface area contributed by atoms with E-state index in [0.29, 0.717) is 17.0 Å². The molecule has 5 aromatic rings. The lowest BCUT2D eigenvalue weighted by Gasteiger charge is -2.19. The van der Waals surface area contributed by atoms with Gasteiger partial charge in [-0.3, -0.25) is 9.97 Å². The van der Waals surface area contributed by atoms with Gasteiger partial charge in [0.05, 0.1) is 33.9 Å². The summed E-state index contributed by atoms with van der Waals surface area (Å²) in [6.07, 6.45) is 2.94. The number of rotatable bonds is 4. The number of aromatic carboxylic acids is 2. The zero-order valence-electron chi connectivity index (χ0n) is 22.1. The number of benzene rings is 2. The van der Waals surface area contributed by atoms with E-state index in [9.17, 15) is 19.8 Å². The van der Waals surface area contributed by atoms with Crippen molar-refractivity contribution in [2.24, 2.45) is 0 Å². The molecule has 2 aromatic carbocycles. The van der Waals surface area contributed by atoms with E-state index < -0.39 is 11.9 Å². The quantitative estimate of drug-likeness (QED) is 0.258. The Hall–Kier alpha value is -5.35. The van der Waals surface area contributed by atoms with E-state index in [0.717, 1.165) is 16.3 Å². The molecule has 7 heteroatoms. The highest BCUT2D eigenvalue weighted by Gasteiger charge is 2.16. The van der Waals surface area contributed by atoms with Crippen LogP contribution in [0.25, 0.3) is 33.5 Å². The highest BCUT2D eigenvalue weighted by Crippen LogP contribution is 2.28. The van der Waals surface area contributed by atoms with Gasteiger partial charge in [0.2, 0.25) is 0 Å². The molecule has 0 atom stereocenters. The van der Waals surface area contributed by atoms with Gasteiger partial charge < -0.3 is 10.2 Å². The number of carboxylic acids is 2. The Morgan fingerprint density at radius 2 is 1.35 bits per heavy atom. The second-order valence-electron chi connectivity index (χ2n) is 10.3. The second kappa shape index (κ2) is 10.4. The minimum absolute atomic E-state index is 0.0209. The number of pyridine rings is 3.